The molecule has 1 amide bonds. The lowest BCUT2D eigenvalue weighted by Gasteiger charge is -2.35. The number of aliphatic imine (C=N–C) groups is 1. The van der Waals surface area contributed by atoms with Crippen LogP contribution in [0.3, 0.4) is 0 Å². The van der Waals surface area contributed by atoms with Crippen LogP contribution < -0.4 is 10.6 Å². The molecule has 0 aliphatic carbocycles. The number of nitrogens with zero attached hydrogens (tertiary/aromatic N) is 3. The van der Waals surface area contributed by atoms with Crippen molar-refractivity contribution in [3.8, 4) is 0 Å². The predicted molar refractivity (Wildman–Crippen MR) is 108 cm³/mol. The molecule has 0 aromatic heterocycles. The van der Waals surface area contributed by atoms with Crippen LogP contribution in [0.2, 0.25) is 0 Å². The molecule has 0 aromatic carbocycles. The number of amides is 1. The summed E-state index contributed by atoms with van der Waals surface area (Å²) in [6.07, 6.45) is 3.34. The number of hydrogen-bond donors (Lipinski definition) is 2. The lowest BCUT2D eigenvalue weighted by molar-refractivity contribution is -0.127. The first-order valence-corrected chi connectivity index (χ1v) is 9.98. The highest BCUT2D eigenvalue weighted by atomic mass is 16.5. The van der Waals surface area contributed by atoms with Gasteiger partial charge < -0.3 is 20.3 Å². The molecular weight excluding hydrogens is 330 g/mol. The van der Waals surface area contributed by atoms with Gasteiger partial charge >= 0.3 is 0 Å². The second-order valence-electron chi connectivity index (χ2n) is 7.55. The molecule has 152 valence electrons. The van der Waals surface area contributed by atoms with Crippen LogP contribution in [0.25, 0.3) is 0 Å². The number of hydrogen-bond acceptors (Lipinski definition) is 4. The van der Waals surface area contributed by atoms with Crippen LogP contribution >= 0.6 is 0 Å². The van der Waals surface area contributed by atoms with Crippen LogP contribution in [-0.4, -0.2) is 87.7 Å². The van der Waals surface area contributed by atoms with Crippen LogP contribution in [0, 0.1) is 5.92 Å². The van der Waals surface area contributed by atoms with Crippen molar-refractivity contribution >= 4 is 11.9 Å². The van der Waals surface area contributed by atoms with Gasteiger partial charge in [0.05, 0.1) is 13.2 Å². The van der Waals surface area contributed by atoms with E-state index in [4.69, 9.17) is 4.74 Å². The summed E-state index contributed by atoms with van der Waals surface area (Å²) in [6.45, 7) is 12.1. The first-order valence-electron chi connectivity index (χ1n) is 9.98. The third kappa shape index (κ3) is 9.38. The van der Waals surface area contributed by atoms with Gasteiger partial charge in [-0.1, -0.05) is 27.2 Å². The van der Waals surface area contributed by atoms with Crippen molar-refractivity contribution in [1.82, 2.24) is 20.4 Å². The number of carbonyl (C=O) groups is 1. The molecule has 0 bridgehead atoms. The summed E-state index contributed by atoms with van der Waals surface area (Å²) in [5.41, 5.74) is 0. The van der Waals surface area contributed by atoms with E-state index in [9.17, 15) is 4.79 Å². The van der Waals surface area contributed by atoms with Gasteiger partial charge in [0, 0.05) is 46.3 Å². The fraction of sp³-hybridized carbons (Fsp3) is 0.895. The van der Waals surface area contributed by atoms with Crippen molar-refractivity contribution in [3.63, 3.8) is 0 Å². The average Bonchev–Trinajstić information content (AvgIpc) is 2.62. The second-order valence-corrected chi connectivity index (χ2v) is 7.55. The quantitative estimate of drug-likeness (QED) is 0.344. The third-order valence-corrected chi connectivity index (χ3v) is 4.50. The zero-order valence-corrected chi connectivity index (χ0v) is 17.4. The first kappa shape index (κ1) is 22.7. The van der Waals surface area contributed by atoms with E-state index in [0.717, 1.165) is 64.6 Å². The highest BCUT2D eigenvalue weighted by molar-refractivity contribution is 5.84. The Labute approximate surface area is 159 Å². The molecule has 0 aromatic rings. The van der Waals surface area contributed by atoms with Gasteiger partial charge in [0.15, 0.2) is 5.96 Å². The maximum Gasteiger partial charge on any atom is 0.243 e. The van der Waals surface area contributed by atoms with Crippen LogP contribution in [-0.2, 0) is 9.53 Å². The van der Waals surface area contributed by atoms with Crippen molar-refractivity contribution in [1.29, 1.82) is 0 Å². The monoisotopic (exact) mass is 369 g/mol. The van der Waals surface area contributed by atoms with Crippen molar-refractivity contribution < 1.29 is 9.53 Å². The van der Waals surface area contributed by atoms with E-state index >= 15 is 0 Å². The summed E-state index contributed by atoms with van der Waals surface area (Å²) >= 11 is 0. The largest absolute Gasteiger partial charge is 0.379 e. The maximum absolute atomic E-state index is 11.8. The predicted octanol–water partition coefficient (Wildman–Crippen LogP) is 1.16. The van der Waals surface area contributed by atoms with Gasteiger partial charge in [-0.15, -0.1) is 0 Å². The number of morpholine rings is 1. The summed E-state index contributed by atoms with van der Waals surface area (Å²) in [5.74, 6) is 1.37. The molecule has 26 heavy (non-hydrogen) atoms. The highest BCUT2D eigenvalue weighted by Crippen LogP contribution is 2.13. The number of guanidine groups is 1. The summed E-state index contributed by atoms with van der Waals surface area (Å²) in [6, 6.07) is 0.446. The molecule has 1 atom stereocenters. The maximum atomic E-state index is 11.8. The molecule has 1 aliphatic rings. The van der Waals surface area contributed by atoms with Gasteiger partial charge in [-0.2, -0.15) is 0 Å². The molecule has 1 fully saturated rings. The fourth-order valence-electron chi connectivity index (χ4n) is 2.91. The molecule has 0 saturated carbocycles. The number of nitrogens with one attached hydrogen (secondary N) is 2. The Hall–Kier alpha value is -1.34. The van der Waals surface area contributed by atoms with Crippen molar-refractivity contribution in [2.75, 3.05) is 60.0 Å². The average molecular weight is 370 g/mol. The number of unbranched alkanes of at least 4 members (excludes halogenated alkanes) is 1. The van der Waals surface area contributed by atoms with Crippen molar-refractivity contribution in [3.05, 3.63) is 0 Å². The summed E-state index contributed by atoms with van der Waals surface area (Å²) in [5, 5.41) is 6.81. The number of ether oxygens (including phenoxy) is 1. The van der Waals surface area contributed by atoms with E-state index in [1.807, 2.05) is 0 Å². The van der Waals surface area contributed by atoms with Gasteiger partial charge in [0.2, 0.25) is 5.91 Å². The van der Waals surface area contributed by atoms with E-state index < -0.39 is 0 Å². The van der Waals surface area contributed by atoms with E-state index in [0.29, 0.717) is 12.0 Å². The zero-order chi connectivity index (χ0) is 19.4. The fourth-order valence-corrected chi connectivity index (χ4v) is 2.91. The molecule has 2 N–H and O–H groups in total. The minimum absolute atomic E-state index is 0.00787. The van der Waals surface area contributed by atoms with Gasteiger partial charge in [-0.25, -0.2) is 4.99 Å². The van der Waals surface area contributed by atoms with E-state index in [-0.39, 0.29) is 12.5 Å². The van der Waals surface area contributed by atoms with Crippen LogP contribution in [0.5, 0.6) is 0 Å². The smallest absolute Gasteiger partial charge is 0.243 e. The normalized spacial score (nSPS) is 17.2. The second kappa shape index (κ2) is 12.9. The first-order chi connectivity index (χ1) is 12.4. The number of carbonyl (C=O) groups excluding carboxylic acids is 1. The van der Waals surface area contributed by atoms with E-state index in [1.54, 1.807) is 19.0 Å². The topological polar surface area (TPSA) is 69.2 Å². The van der Waals surface area contributed by atoms with Gasteiger partial charge in [0.1, 0.15) is 6.54 Å². The standard InChI is InChI=1S/C19H39N5O2/c1-6-7-8-20-19(22-15-18(25)23(4)5)21-14-17(13-16(2)3)24-9-11-26-12-10-24/h16-17H,6-15H2,1-5H3,(H2,20,21,22). The summed E-state index contributed by atoms with van der Waals surface area (Å²) < 4.78 is 5.49. The molecule has 1 unspecified atom stereocenters. The number of likely N-dealkylation sites (N-methyl/N-ethyl adjacent to an activating group) is 1. The van der Waals surface area contributed by atoms with Crippen LogP contribution in [0.15, 0.2) is 4.99 Å². The van der Waals surface area contributed by atoms with Crippen molar-refractivity contribution in [2.45, 2.75) is 46.1 Å². The lowest BCUT2D eigenvalue weighted by Crippen LogP contribution is -2.51. The van der Waals surface area contributed by atoms with Gasteiger partial charge in [0.25, 0.3) is 0 Å². The molecule has 0 radical (unpaired) electrons. The minimum Gasteiger partial charge on any atom is -0.379 e. The van der Waals surface area contributed by atoms with Gasteiger partial charge in [-0.3, -0.25) is 9.69 Å². The lowest BCUT2D eigenvalue weighted by atomic mass is 10.0. The SMILES string of the molecule is CCCCNC(=NCC(=O)N(C)C)NCC(CC(C)C)N1CCOCC1. The number of rotatable bonds is 10. The molecule has 7 heteroatoms. The summed E-state index contributed by atoms with van der Waals surface area (Å²) in [4.78, 5) is 20.4. The molecule has 1 saturated heterocycles. The Kier molecular flexibility index (Phi) is 11.3. The van der Waals surface area contributed by atoms with Crippen LogP contribution in [0.4, 0.5) is 0 Å². The molecule has 0 spiro atoms. The van der Waals surface area contributed by atoms with Gasteiger partial charge in [-0.05, 0) is 18.8 Å². The van der Waals surface area contributed by atoms with Crippen LogP contribution in [0.1, 0.15) is 40.0 Å². The molecule has 7 nitrogen and oxygen atoms in total. The Morgan fingerprint density at radius 2 is 1.92 bits per heavy atom. The minimum atomic E-state index is 0.00787. The molecule has 1 heterocycles. The zero-order valence-electron chi connectivity index (χ0n) is 17.4. The Bertz CT molecular complexity index is 420. The van der Waals surface area contributed by atoms with E-state index in [2.05, 4.69) is 41.3 Å². The Morgan fingerprint density at radius 3 is 2.50 bits per heavy atom. The third-order valence-electron chi connectivity index (χ3n) is 4.50. The molecular formula is C19H39N5O2. The molecule has 1 aliphatic heterocycles. The highest BCUT2D eigenvalue weighted by Gasteiger charge is 2.22. The Morgan fingerprint density at radius 1 is 1.23 bits per heavy atom. The summed E-state index contributed by atoms with van der Waals surface area (Å²) in [7, 11) is 3.51. The van der Waals surface area contributed by atoms with Crippen molar-refractivity contribution in [2.24, 2.45) is 10.9 Å². The Balaban J connectivity index is 2.65. The molecule has 1 rings (SSSR count). The van der Waals surface area contributed by atoms with E-state index in [1.165, 1.54) is 0 Å².